The van der Waals surface area contributed by atoms with Crippen molar-refractivity contribution in [1.29, 1.82) is 0 Å². The molecule has 2 atom stereocenters. The van der Waals surface area contributed by atoms with E-state index >= 15 is 0 Å². The molecule has 3 amide bonds. The molecule has 0 unspecified atom stereocenters. The van der Waals surface area contributed by atoms with Crippen LogP contribution < -0.4 is 5.32 Å². The van der Waals surface area contributed by atoms with Gasteiger partial charge in [-0.3, -0.25) is 13.8 Å². The average Bonchev–Trinajstić information content (AvgIpc) is 3.15. The molecule has 1 fully saturated rings. The molecule has 0 spiro atoms. The van der Waals surface area contributed by atoms with Gasteiger partial charge in [-0.2, -0.15) is 0 Å². The summed E-state index contributed by atoms with van der Waals surface area (Å²) >= 11 is 0. The van der Waals surface area contributed by atoms with Crippen molar-refractivity contribution in [2.24, 2.45) is 0 Å². The molecule has 13 nitrogen and oxygen atoms in total. The summed E-state index contributed by atoms with van der Waals surface area (Å²) < 4.78 is 31.5. The van der Waals surface area contributed by atoms with E-state index in [1.54, 1.807) is 55.4 Å². The standard InChI is InChI=1S/C15H27NO6S.C12H19NO5/c1-7-21-13(18)12(16-14(19)22-15(2,3)4)9-8-11(17)10-23(5,6)20;1-5-17-10(15)8-6-7-9(14)13(8)11(16)18-12(2,3)4/h10,12H,7-9H2,1-6H3,(H,16,19);8H,5-7H2,1-4H3/t12-;8-/m11/s1. The number of carbonyl (C=O) groups is 6. The highest BCUT2D eigenvalue weighted by Crippen LogP contribution is 2.23. The first-order chi connectivity index (χ1) is 18.6. The Morgan fingerprint density at radius 1 is 0.976 bits per heavy atom. The van der Waals surface area contributed by atoms with Gasteiger partial charge in [0.1, 0.15) is 23.3 Å². The summed E-state index contributed by atoms with van der Waals surface area (Å²) in [5.74, 6) is -1.95. The number of imide groups is 1. The number of ketones is 1. The molecule has 0 radical (unpaired) electrons. The van der Waals surface area contributed by atoms with Crippen LogP contribution >= 0.6 is 0 Å². The third kappa shape index (κ3) is 16.6. The molecule has 1 N–H and O–H groups in total. The number of hydrogen-bond acceptors (Lipinski definition) is 11. The van der Waals surface area contributed by atoms with Gasteiger partial charge in [0.2, 0.25) is 5.91 Å². The zero-order valence-corrected chi connectivity index (χ0v) is 26.6. The van der Waals surface area contributed by atoms with E-state index in [0.717, 1.165) is 10.3 Å². The first-order valence-electron chi connectivity index (χ1n) is 13.3. The number of nitrogens with zero attached hydrogens (tertiary/aromatic N) is 1. The number of esters is 2. The number of likely N-dealkylation sites (tertiary alicyclic amines) is 1. The summed E-state index contributed by atoms with van der Waals surface area (Å²) in [6, 6.07) is -1.85. The molecule has 1 saturated heterocycles. The van der Waals surface area contributed by atoms with Crippen LogP contribution in [0.2, 0.25) is 0 Å². The molecule has 236 valence electrons. The minimum atomic E-state index is -2.30. The van der Waals surface area contributed by atoms with E-state index in [4.69, 9.17) is 18.9 Å². The fraction of sp³-hybridized carbons (Fsp3) is 0.741. The van der Waals surface area contributed by atoms with E-state index in [-0.39, 0.29) is 44.7 Å². The lowest BCUT2D eigenvalue weighted by Crippen LogP contribution is -2.46. The predicted molar refractivity (Wildman–Crippen MR) is 153 cm³/mol. The Balaban J connectivity index is 0.000000802. The molecular formula is C27H46N2O11S. The predicted octanol–water partition coefficient (Wildman–Crippen LogP) is 2.61. The van der Waals surface area contributed by atoms with E-state index in [2.05, 4.69) is 5.32 Å². The summed E-state index contributed by atoms with van der Waals surface area (Å²) in [4.78, 5) is 71.4. The third-order valence-corrected chi connectivity index (χ3v) is 5.55. The zero-order chi connectivity index (χ0) is 32.2. The first-order valence-corrected chi connectivity index (χ1v) is 15.7. The molecule has 0 saturated carbocycles. The Morgan fingerprint density at radius 2 is 1.51 bits per heavy atom. The van der Waals surface area contributed by atoms with Gasteiger partial charge in [0, 0.05) is 30.7 Å². The number of amides is 3. The van der Waals surface area contributed by atoms with E-state index < -0.39 is 62.8 Å². The second kappa shape index (κ2) is 16.3. The molecule has 1 rings (SSSR count). The van der Waals surface area contributed by atoms with Gasteiger partial charge in [0.05, 0.1) is 13.2 Å². The van der Waals surface area contributed by atoms with Crippen molar-refractivity contribution < 1.29 is 51.9 Å². The number of ether oxygens (including phenoxy) is 4. The van der Waals surface area contributed by atoms with Gasteiger partial charge >= 0.3 is 24.1 Å². The Bertz CT molecular complexity index is 1070. The fourth-order valence-corrected chi connectivity index (χ4v) is 4.04. The van der Waals surface area contributed by atoms with Gasteiger partial charge in [0.25, 0.3) is 0 Å². The zero-order valence-electron chi connectivity index (χ0n) is 25.8. The third-order valence-electron chi connectivity index (χ3n) is 4.72. The molecule has 0 aromatic carbocycles. The molecule has 0 bridgehead atoms. The monoisotopic (exact) mass is 606 g/mol. The number of hydrogen-bond donors (Lipinski definition) is 1. The molecule has 1 aliphatic rings. The summed E-state index contributed by atoms with van der Waals surface area (Å²) in [6.45, 7) is 13.9. The van der Waals surface area contributed by atoms with Crippen LogP contribution in [0, 0.1) is 0 Å². The Hall–Kier alpha value is -3.16. The second-order valence-corrected chi connectivity index (χ2v) is 14.3. The molecule has 14 heteroatoms. The van der Waals surface area contributed by atoms with Gasteiger partial charge in [-0.25, -0.2) is 24.1 Å². The summed E-state index contributed by atoms with van der Waals surface area (Å²) in [7, 11) is -2.30. The number of Topliss-reactive ketones (excluding diaryl/α,β-unsaturated/α-hetero) is 1. The molecule has 0 aliphatic carbocycles. The Labute approximate surface area is 243 Å². The first kappa shape index (κ1) is 37.8. The lowest BCUT2D eigenvalue weighted by molar-refractivity contribution is -0.151. The van der Waals surface area contributed by atoms with Gasteiger partial charge in [0.15, 0.2) is 5.78 Å². The van der Waals surface area contributed by atoms with Crippen molar-refractivity contribution in [3.05, 3.63) is 0 Å². The van der Waals surface area contributed by atoms with Crippen molar-refractivity contribution in [2.45, 2.75) is 104 Å². The van der Waals surface area contributed by atoms with Crippen LogP contribution in [0.3, 0.4) is 0 Å². The van der Waals surface area contributed by atoms with Crippen molar-refractivity contribution in [2.75, 3.05) is 25.7 Å². The van der Waals surface area contributed by atoms with Gasteiger partial charge < -0.3 is 24.3 Å². The van der Waals surface area contributed by atoms with Crippen LogP contribution in [0.5, 0.6) is 0 Å². The largest absolute Gasteiger partial charge is 0.464 e. The number of nitrogens with one attached hydrogen (secondary N) is 1. The number of carbonyl (C=O) groups excluding carboxylic acids is 6. The second-order valence-electron chi connectivity index (χ2n) is 11.4. The smallest absolute Gasteiger partial charge is 0.417 e. The number of alkyl carbamates (subject to hydrolysis) is 1. The molecule has 41 heavy (non-hydrogen) atoms. The molecule has 1 heterocycles. The molecule has 0 aromatic heterocycles. The van der Waals surface area contributed by atoms with E-state index in [0.29, 0.717) is 0 Å². The number of rotatable bonds is 9. The minimum Gasteiger partial charge on any atom is -0.464 e. The van der Waals surface area contributed by atoms with Crippen LogP contribution in [0.1, 0.15) is 81.1 Å². The van der Waals surface area contributed by atoms with Crippen molar-refractivity contribution in [3.63, 3.8) is 0 Å². The van der Waals surface area contributed by atoms with Crippen LogP contribution in [-0.4, -0.2) is 99.3 Å². The van der Waals surface area contributed by atoms with E-state index in [1.165, 1.54) is 12.5 Å². The Morgan fingerprint density at radius 3 is 1.98 bits per heavy atom. The maximum atomic E-state index is 11.9. The van der Waals surface area contributed by atoms with Crippen molar-refractivity contribution in [3.8, 4) is 0 Å². The van der Waals surface area contributed by atoms with Crippen LogP contribution in [0.25, 0.3) is 0 Å². The lowest BCUT2D eigenvalue weighted by atomic mass is 10.1. The Kier molecular flexibility index (Phi) is 15.1. The molecule has 1 aliphatic heterocycles. The maximum Gasteiger partial charge on any atom is 0.417 e. The summed E-state index contributed by atoms with van der Waals surface area (Å²) in [5.41, 5.74) is -1.41. The van der Waals surface area contributed by atoms with Gasteiger partial charge in [-0.05, 0) is 77.8 Å². The quantitative estimate of drug-likeness (QED) is 0.232. The fourth-order valence-electron chi connectivity index (χ4n) is 3.29. The molecular weight excluding hydrogens is 560 g/mol. The highest BCUT2D eigenvalue weighted by Gasteiger charge is 2.43. The van der Waals surface area contributed by atoms with Crippen molar-refractivity contribution >= 4 is 50.7 Å². The lowest BCUT2D eigenvalue weighted by Gasteiger charge is -2.26. The molecule has 0 aromatic rings. The van der Waals surface area contributed by atoms with Gasteiger partial charge in [-0.15, -0.1) is 0 Å². The van der Waals surface area contributed by atoms with Crippen LogP contribution in [-0.2, 0) is 47.6 Å². The topological polar surface area (TPSA) is 172 Å². The summed E-state index contributed by atoms with van der Waals surface area (Å²) in [5, 5.41) is 3.54. The maximum absolute atomic E-state index is 11.9. The average molecular weight is 607 g/mol. The van der Waals surface area contributed by atoms with Crippen molar-refractivity contribution in [1.82, 2.24) is 10.2 Å². The van der Waals surface area contributed by atoms with Crippen LogP contribution in [0.4, 0.5) is 9.59 Å². The van der Waals surface area contributed by atoms with E-state index in [9.17, 15) is 33.0 Å². The normalized spacial score (nSPS) is 16.0. The van der Waals surface area contributed by atoms with E-state index in [1.807, 2.05) is 0 Å². The van der Waals surface area contributed by atoms with Gasteiger partial charge in [-0.1, -0.05) is 0 Å². The minimum absolute atomic E-state index is 0.0298. The highest BCUT2D eigenvalue weighted by molar-refractivity contribution is 8.01. The van der Waals surface area contributed by atoms with Crippen LogP contribution in [0.15, 0.2) is 0 Å². The SMILES string of the molecule is CCOC(=O)[C@@H](CCC(=O)C=S(C)(C)=O)NC(=O)OC(C)(C)C.CCOC(=O)[C@H]1CCC(=O)N1C(=O)OC(C)(C)C. The highest BCUT2D eigenvalue weighted by atomic mass is 32.2. The summed E-state index contributed by atoms with van der Waals surface area (Å²) in [6.07, 6.45) is 1.81.